The number of nitrogens with two attached hydrogens (primary N) is 1. The highest BCUT2D eigenvalue weighted by Gasteiger charge is 2.21. The molecular formula is C13H17N7. The zero-order valence-corrected chi connectivity index (χ0v) is 11.5. The molecule has 2 heterocycles. The monoisotopic (exact) mass is 271 g/mol. The zero-order valence-electron chi connectivity index (χ0n) is 11.5. The van der Waals surface area contributed by atoms with Gasteiger partial charge in [0.1, 0.15) is 6.07 Å². The van der Waals surface area contributed by atoms with E-state index in [-0.39, 0.29) is 5.82 Å². The van der Waals surface area contributed by atoms with Gasteiger partial charge in [0.2, 0.25) is 5.82 Å². The van der Waals surface area contributed by atoms with Gasteiger partial charge in [0.05, 0.1) is 6.33 Å². The first-order valence-electron chi connectivity index (χ1n) is 6.80. The maximum Gasteiger partial charge on any atom is 0.236 e. The van der Waals surface area contributed by atoms with Crippen LogP contribution in [0.2, 0.25) is 0 Å². The van der Waals surface area contributed by atoms with Gasteiger partial charge in [-0.15, -0.1) is 0 Å². The van der Waals surface area contributed by atoms with Crippen molar-refractivity contribution in [1.29, 1.82) is 5.26 Å². The first-order chi connectivity index (χ1) is 9.69. The molecular weight excluding hydrogens is 254 g/mol. The maximum absolute atomic E-state index is 9.05. The summed E-state index contributed by atoms with van der Waals surface area (Å²) in [6.45, 7) is 0.744. The molecule has 0 amide bonds. The molecule has 7 nitrogen and oxygen atoms in total. The number of nitriles is 1. The van der Waals surface area contributed by atoms with Gasteiger partial charge in [0, 0.05) is 13.6 Å². The Morgan fingerprint density at radius 2 is 2.20 bits per heavy atom. The van der Waals surface area contributed by atoms with Crippen molar-refractivity contribution in [2.45, 2.75) is 25.7 Å². The van der Waals surface area contributed by atoms with E-state index in [1.807, 2.05) is 13.1 Å². The van der Waals surface area contributed by atoms with Crippen LogP contribution in [-0.2, 0) is 7.05 Å². The second-order valence-corrected chi connectivity index (χ2v) is 5.31. The van der Waals surface area contributed by atoms with E-state index in [2.05, 4.69) is 15.0 Å². The Labute approximate surface area is 117 Å². The van der Waals surface area contributed by atoms with Crippen molar-refractivity contribution in [1.82, 2.24) is 19.5 Å². The van der Waals surface area contributed by atoms with E-state index in [0.29, 0.717) is 22.9 Å². The molecule has 0 saturated heterocycles. The van der Waals surface area contributed by atoms with Gasteiger partial charge in [-0.25, -0.2) is 10.8 Å². The number of aromatic nitrogens is 4. The normalized spacial score (nSPS) is 15.7. The third-order valence-corrected chi connectivity index (χ3v) is 3.84. The first-order valence-corrected chi connectivity index (χ1v) is 6.80. The molecule has 2 aromatic rings. The summed E-state index contributed by atoms with van der Waals surface area (Å²) in [5.74, 6) is 7.42. The molecule has 0 spiro atoms. The molecule has 2 aromatic heterocycles. The van der Waals surface area contributed by atoms with Gasteiger partial charge < -0.3 is 4.57 Å². The molecule has 0 unspecified atom stereocenters. The number of rotatable bonds is 3. The molecule has 104 valence electrons. The largest absolute Gasteiger partial charge is 0.318 e. The molecule has 7 heteroatoms. The standard InChI is InChI=1S/C13H17N7/c1-19-8-16-11-12(19)17-10(6-14)18-13(11)20(15)7-9-4-2-3-5-9/h8-9H,2-5,7,15H2,1H3. The van der Waals surface area contributed by atoms with Crippen molar-refractivity contribution >= 4 is 17.0 Å². The van der Waals surface area contributed by atoms with Crippen molar-refractivity contribution in [3.05, 3.63) is 12.2 Å². The van der Waals surface area contributed by atoms with Crippen molar-refractivity contribution in [2.24, 2.45) is 18.8 Å². The highest BCUT2D eigenvalue weighted by Crippen LogP contribution is 2.27. The van der Waals surface area contributed by atoms with Gasteiger partial charge in [-0.1, -0.05) is 12.8 Å². The van der Waals surface area contributed by atoms with Crippen LogP contribution in [0.3, 0.4) is 0 Å². The lowest BCUT2D eigenvalue weighted by atomic mass is 10.1. The third-order valence-electron chi connectivity index (χ3n) is 3.84. The highest BCUT2D eigenvalue weighted by atomic mass is 15.4. The number of imidazole rings is 1. The van der Waals surface area contributed by atoms with E-state index in [9.17, 15) is 0 Å². The summed E-state index contributed by atoms with van der Waals surface area (Å²) in [4.78, 5) is 12.7. The molecule has 0 radical (unpaired) electrons. The second kappa shape index (κ2) is 5.06. The fourth-order valence-corrected chi connectivity index (χ4v) is 2.80. The average molecular weight is 271 g/mol. The Morgan fingerprint density at radius 3 is 2.90 bits per heavy atom. The Morgan fingerprint density at radius 1 is 1.45 bits per heavy atom. The lowest BCUT2D eigenvalue weighted by molar-refractivity contribution is 0.534. The Bertz CT molecular complexity index is 663. The van der Waals surface area contributed by atoms with Gasteiger partial charge in [-0.3, -0.25) is 5.01 Å². The second-order valence-electron chi connectivity index (χ2n) is 5.31. The van der Waals surface area contributed by atoms with Crippen LogP contribution in [0, 0.1) is 17.2 Å². The summed E-state index contributed by atoms with van der Waals surface area (Å²) in [6, 6.07) is 1.98. The summed E-state index contributed by atoms with van der Waals surface area (Å²) in [7, 11) is 1.84. The fraction of sp³-hybridized carbons (Fsp3) is 0.538. The van der Waals surface area contributed by atoms with Crippen LogP contribution in [-0.4, -0.2) is 26.1 Å². The van der Waals surface area contributed by atoms with Crippen LogP contribution in [0.4, 0.5) is 5.82 Å². The molecule has 0 bridgehead atoms. The molecule has 3 rings (SSSR count). The Hall–Kier alpha value is -2.20. The number of nitrogens with zero attached hydrogens (tertiary/aromatic N) is 6. The number of fused-ring (bicyclic) bond motifs is 1. The van der Waals surface area contributed by atoms with Crippen molar-refractivity contribution in [3.8, 4) is 6.07 Å². The number of hydrazine groups is 1. The predicted octanol–water partition coefficient (Wildman–Crippen LogP) is 1.11. The van der Waals surface area contributed by atoms with Crippen LogP contribution in [0.25, 0.3) is 11.2 Å². The molecule has 20 heavy (non-hydrogen) atoms. The van der Waals surface area contributed by atoms with Gasteiger partial charge in [0.25, 0.3) is 0 Å². The van der Waals surface area contributed by atoms with E-state index in [1.165, 1.54) is 25.7 Å². The van der Waals surface area contributed by atoms with Crippen LogP contribution >= 0.6 is 0 Å². The topological polar surface area (TPSA) is 96.6 Å². The summed E-state index contributed by atoms with van der Waals surface area (Å²) in [5, 5.41) is 10.7. The van der Waals surface area contributed by atoms with E-state index in [1.54, 1.807) is 15.9 Å². The summed E-state index contributed by atoms with van der Waals surface area (Å²) in [5.41, 5.74) is 1.28. The molecule has 1 saturated carbocycles. The number of anilines is 1. The SMILES string of the molecule is Cn1cnc2c(N(N)CC3CCCC3)nc(C#N)nc21. The molecule has 1 fully saturated rings. The Kier molecular flexibility index (Phi) is 3.24. The molecule has 0 aromatic carbocycles. The summed E-state index contributed by atoms with van der Waals surface area (Å²) < 4.78 is 1.77. The van der Waals surface area contributed by atoms with E-state index >= 15 is 0 Å². The number of hydrogen-bond donors (Lipinski definition) is 1. The Balaban J connectivity index is 1.98. The minimum absolute atomic E-state index is 0.123. The maximum atomic E-state index is 9.05. The van der Waals surface area contributed by atoms with E-state index in [0.717, 1.165) is 6.54 Å². The molecule has 0 aliphatic heterocycles. The minimum atomic E-state index is 0.123. The zero-order chi connectivity index (χ0) is 14.1. The van der Waals surface area contributed by atoms with Crippen molar-refractivity contribution < 1.29 is 0 Å². The number of aryl methyl sites for hydroxylation is 1. The van der Waals surface area contributed by atoms with Gasteiger partial charge in [-0.2, -0.15) is 15.2 Å². The minimum Gasteiger partial charge on any atom is -0.318 e. The fourth-order valence-electron chi connectivity index (χ4n) is 2.80. The smallest absolute Gasteiger partial charge is 0.236 e. The first kappa shape index (κ1) is 12.8. The molecule has 0 atom stereocenters. The van der Waals surface area contributed by atoms with E-state index in [4.69, 9.17) is 11.1 Å². The number of hydrogen-bond acceptors (Lipinski definition) is 6. The van der Waals surface area contributed by atoms with E-state index < -0.39 is 0 Å². The average Bonchev–Trinajstić information content (AvgIpc) is 3.08. The van der Waals surface area contributed by atoms with Gasteiger partial charge in [0.15, 0.2) is 17.0 Å². The van der Waals surface area contributed by atoms with Crippen molar-refractivity contribution in [2.75, 3.05) is 11.6 Å². The van der Waals surface area contributed by atoms with Crippen molar-refractivity contribution in [3.63, 3.8) is 0 Å². The summed E-state index contributed by atoms with van der Waals surface area (Å²) in [6.07, 6.45) is 6.60. The van der Waals surface area contributed by atoms with Gasteiger partial charge >= 0.3 is 0 Å². The quantitative estimate of drug-likeness (QED) is 0.663. The third kappa shape index (κ3) is 2.18. The van der Waals surface area contributed by atoms with Gasteiger partial charge in [-0.05, 0) is 18.8 Å². The molecule has 2 N–H and O–H groups in total. The highest BCUT2D eigenvalue weighted by molar-refractivity contribution is 5.83. The lowest BCUT2D eigenvalue weighted by Gasteiger charge is -2.21. The van der Waals surface area contributed by atoms with Crippen LogP contribution in [0.1, 0.15) is 31.5 Å². The summed E-state index contributed by atoms with van der Waals surface area (Å²) >= 11 is 0. The molecule has 1 aliphatic carbocycles. The van der Waals surface area contributed by atoms with Crippen LogP contribution in [0.15, 0.2) is 6.33 Å². The van der Waals surface area contributed by atoms with Crippen LogP contribution in [0.5, 0.6) is 0 Å². The predicted molar refractivity (Wildman–Crippen MR) is 74.5 cm³/mol. The molecule has 1 aliphatic rings. The lowest BCUT2D eigenvalue weighted by Crippen LogP contribution is -2.36. The van der Waals surface area contributed by atoms with Crippen LogP contribution < -0.4 is 10.9 Å².